The number of carbonyl (C=O) groups is 1. The van der Waals surface area contributed by atoms with Crippen LogP contribution in [-0.4, -0.2) is 46.8 Å². The van der Waals surface area contributed by atoms with Crippen molar-refractivity contribution in [3.05, 3.63) is 70.5 Å². The first kappa shape index (κ1) is 22.7. The highest BCUT2D eigenvalue weighted by Gasteiger charge is 2.16. The van der Waals surface area contributed by atoms with Gasteiger partial charge < -0.3 is 19.5 Å². The largest absolute Gasteiger partial charge is 0.493 e. The number of carbonyl (C=O) groups excluding carboxylic acids is 1. The van der Waals surface area contributed by atoms with Crippen LogP contribution in [0.4, 0.5) is 5.69 Å². The van der Waals surface area contributed by atoms with Gasteiger partial charge in [0.15, 0.2) is 11.5 Å². The van der Waals surface area contributed by atoms with Gasteiger partial charge in [0, 0.05) is 0 Å². The quantitative estimate of drug-likeness (QED) is 0.446. The maximum absolute atomic E-state index is 12.9. The first-order chi connectivity index (χ1) is 16.4. The van der Waals surface area contributed by atoms with Crippen LogP contribution in [0.1, 0.15) is 11.4 Å². The van der Waals surface area contributed by atoms with Crippen molar-refractivity contribution in [2.45, 2.75) is 13.3 Å². The molecule has 10 heteroatoms. The number of hydrogen-bond donors (Lipinski definition) is 1. The number of methoxy groups -OCH3 is 3. The maximum Gasteiger partial charge on any atom is 0.268 e. The first-order valence-corrected chi connectivity index (χ1v) is 10.3. The van der Waals surface area contributed by atoms with Crippen LogP contribution in [0.3, 0.4) is 0 Å². The highest BCUT2D eigenvalue weighted by Crippen LogP contribution is 2.38. The molecule has 34 heavy (non-hydrogen) atoms. The number of anilines is 1. The summed E-state index contributed by atoms with van der Waals surface area (Å²) in [6, 6.07) is 10.5. The lowest BCUT2D eigenvalue weighted by Gasteiger charge is -2.14. The summed E-state index contributed by atoms with van der Waals surface area (Å²) in [6.07, 6.45) is 2.94. The van der Waals surface area contributed by atoms with Gasteiger partial charge in [0.1, 0.15) is 5.82 Å². The van der Waals surface area contributed by atoms with E-state index in [9.17, 15) is 9.59 Å². The van der Waals surface area contributed by atoms with Crippen molar-refractivity contribution < 1.29 is 19.0 Å². The predicted molar refractivity (Wildman–Crippen MR) is 126 cm³/mol. The third-order valence-electron chi connectivity index (χ3n) is 5.15. The van der Waals surface area contributed by atoms with Crippen molar-refractivity contribution in [3.63, 3.8) is 0 Å². The average molecular weight is 461 g/mol. The van der Waals surface area contributed by atoms with Crippen molar-refractivity contribution in [2.75, 3.05) is 26.6 Å². The van der Waals surface area contributed by atoms with Gasteiger partial charge in [-0.1, -0.05) is 12.1 Å². The molecule has 0 unspecified atom stereocenters. The lowest BCUT2D eigenvalue weighted by Crippen LogP contribution is -2.24. The first-order valence-electron chi connectivity index (χ1n) is 10.3. The van der Waals surface area contributed by atoms with Gasteiger partial charge in [0.05, 0.1) is 56.7 Å². The van der Waals surface area contributed by atoms with E-state index in [1.165, 1.54) is 38.3 Å². The number of aryl methyl sites for hydroxylation is 1. The molecule has 2 aromatic carbocycles. The molecule has 0 saturated carbocycles. The number of nitrogens with zero attached hydrogens (tertiary/aromatic N) is 4. The van der Waals surface area contributed by atoms with Gasteiger partial charge >= 0.3 is 0 Å². The zero-order chi connectivity index (χ0) is 24.2. The van der Waals surface area contributed by atoms with Crippen LogP contribution in [0.25, 0.3) is 16.9 Å². The summed E-state index contributed by atoms with van der Waals surface area (Å²) in [5.41, 5.74) is 1.41. The van der Waals surface area contributed by atoms with Crippen molar-refractivity contribution in [1.29, 1.82) is 0 Å². The minimum atomic E-state index is -0.286. The van der Waals surface area contributed by atoms with Gasteiger partial charge in [-0.15, -0.1) is 0 Å². The fraction of sp³-hybridized carbons (Fsp3) is 0.208. The van der Waals surface area contributed by atoms with E-state index in [-0.39, 0.29) is 23.8 Å². The molecule has 2 aromatic heterocycles. The molecule has 0 radical (unpaired) electrons. The summed E-state index contributed by atoms with van der Waals surface area (Å²) in [5, 5.41) is 3.22. The van der Waals surface area contributed by atoms with E-state index in [4.69, 9.17) is 14.2 Å². The molecule has 0 aliphatic rings. The summed E-state index contributed by atoms with van der Waals surface area (Å²) in [5.74, 6) is 1.72. The number of nitrogens with one attached hydrogen (secondary N) is 1. The lowest BCUT2D eigenvalue weighted by atomic mass is 10.1. The van der Waals surface area contributed by atoms with Crippen molar-refractivity contribution >= 4 is 22.5 Å². The van der Waals surface area contributed by atoms with E-state index < -0.39 is 0 Å². The van der Waals surface area contributed by atoms with E-state index in [0.717, 1.165) is 0 Å². The topological polar surface area (TPSA) is 117 Å². The van der Waals surface area contributed by atoms with Crippen molar-refractivity contribution in [1.82, 2.24) is 19.5 Å². The number of aromatic nitrogens is 4. The maximum atomic E-state index is 12.9. The molecule has 0 spiro atoms. The zero-order valence-corrected chi connectivity index (χ0v) is 19.2. The summed E-state index contributed by atoms with van der Waals surface area (Å²) in [4.78, 5) is 38.5. The molecule has 0 saturated heterocycles. The highest BCUT2D eigenvalue weighted by molar-refractivity contribution is 5.92. The smallest absolute Gasteiger partial charge is 0.268 e. The van der Waals surface area contributed by atoms with Gasteiger partial charge in [-0.05, 0) is 36.8 Å². The number of amides is 1. The van der Waals surface area contributed by atoms with E-state index in [1.807, 2.05) is 6.07 Å². The SMILES string of the molecule is COc1cc(CC(=O)Nc2cnc(-n3c(C)nc4ccccc4c3=O)nc2)cc(OC)c1OC. The second-order valence-corrected chi connectivity index (χ2v) is 7.35. The molecular formula is C24H23N5O5. The Morgan fingerprint density at radius 1 is 1.00 bits per heavy atom. The fourth-order valence-corrected chi connectivity index (χ4v) is 3.61. The van der Waals surface area contributed by atoms with Crippen LogP contribution in [0.15, 0.2) is 53.6 Å². The van der Waals surface area contributed by atoms with E-state index in [0.29, 0.717) is 45.2 Å². The third kappa shape index (κ3) is 4.38. The number of fused-ring (bicyclic) bond motifs is 1. The molecule has 0 aliphatic heterocycles. The number of rotatable bonds is 7. The fourth-order valence-electron chi connectivity index (χ4n) is 3.61. The average Bonchev–Trinajstić information content (AvgIpc) is 2.84. The summed E-state index contributed by atoms with van der Waals surface area (Å²) in [6.45, 7) is 1.71. The summed E-state index contributed by atoms with van der Waals surface area (Å²) >= 11 is 0. The Kier molecular flexibility index (Phi) is 6.39. The predicted octanol–water partition coefficient (Wildman–Crippen LogP) is 2.69. The Bertz CT molecular complexity index is 1390. The Hall–Kier alpha value is -4.47. The van der Waals surface area contributed by atoms with Gasteiger partial charge in [-0.3, -0.25) is 9.59 Å². The molecule has 0 bridgehead atoms. The minimum absolute atomic E-state index is 0.0611. The van der Waals surface area contributed by atoms with Gasteiger partial charge in [0.2, 0.25) is 17.6 Å². The van der Waals surface area contributed by atoms with Crippen LogP contribution in [0.5, 0.6) is 17.2 Å². The van der Waals surface area contributed by atoms with E-state index in [2.05, 4.69) is 20.3 Å². The van der Waals surface area contributed by atoms with E-state index in [1.54, 1.807) is 37.3 Å². The zero-order valence-electron chi connectivity index (χ0n) is 19.2. The second kappa shape index (κ2) is 9.57. The molecule has 2 heterocycles. The number of benzene rings is 2. The summed E-state index contributed by atoms with van der Waals surface area (Å²) in [7, 11) is 4.54. The molecule has 0 atom stereocenters. The Morgan fingerprint density at radius 2 is 1.65 bits per heavy atom. The molecule has 0 aliphatic carbocycles. The van der Waals surface area contributed by atoms with Crippen LogP contribution < -0.4 is 25.1 Å². The van der Waals surface area contributed by atoms with Gasteiger partial charge in [-0.2, -0.15) is 0 Å². The molecule has 10 nitrogen and oxygen atoms in total. The molecule has 4 rings (SSSR count). The second-order valence-electron chi connectivity index (χ2n) is 7.35. The third-order valence-corrected chi connectivity index (χ3v) is 5.15. The van der Waals surface area contributed by atoms with Gasteiger partial charge in [0.25, 0.3) is 5.56 Å². The number of ether oxygens (including phenoxy) is 3. The Labute approximate surface area is 195 Å². The molecule has 4 aromatic rings. The van der Waals surface area contributed by atoms with Crippen LogP contribution in [-0.2, 0) is 11.2 Å². The standard InChI is InChI=1S/C24H23N5O5/c1-14-27-18-8-6-5-7-17(18)23(31)29(14)24-25-12-16(13-26-24)28-21(30)11-15-9-19(32-2)22(34-4)20(10-15)33-3/h5-10,12-13H,11H2,1-4H3,(H,28,30). The van der Waals surface area contributed by atoms with Crippen LogP contribution >= 0.6 is 0 Å². The highest BCUT2D eigenvalue weighted by atomic mass is 16.5. The number of para-hydroxylation sites is 1. The number of hydrogen-bond acceptors (Lipinski definition) is 8. The monoisotopic (exact) mass is 461 g/mol. The van der Waals surface area contributed by atoms with Crippen molar-refractivity contribution in [3.8, 4) is 23.2 Å². The van der Waals surface area contributed by atoms with Gasteiger partial charge in [-0.25, -0.2) is 19.5 Å². The molecular weight excluding hydrogens is 438 g/mol. The molecule has 0 fully saturated rings. The van der Waals surface area contributed by atoms with E-state index >= 15 is 0 Å². The van der Waals surface area contributed by atoms with Crippen molar-refractivity contribution in [2.24, 2.45) is 0 Å². The lowest BCUT2D eigenvalue weighted by molar-refractivity contribution is -0.115. The normalized spacial score (nSPS) is 10.7. The molecule has 1 amide bonds. The van der Waals surface area contributed by atoms with Crippen LogP contribution in [0, 0.1) is 6.92 Å². The Balaban J connectivity index is 1.53. The van der Waals surface area contributed by atoms with Crippen LogP contribution in [0.2, 0.25) is 0 Å². The summed E-state index contributed by atoms with van der Waals surface area (Å²) < 4.78 is 17.3. The Morgan fingerprint density at radius 3 is 2.26 bits per heavy atom. The molecule has 1 N–H and O–H groups in total. The minimum Gasteiger partial charge on any atom is -0.493 e. The molecule has 174 valence electrons.